The molecule has 1 amide bonds. The molecule has 5 nitrogen and oxygen atoms in total. The third-order valence-corrected chi connectivity index (χ3v) is 5.12. The van der Waals surface area contributed by atoms with E-state index in [1.54, 1.807) is 6.92 Å². The quantitative estimate of drug-likeness (QED) is 0.692. The van der Waals surface area contributed by atoms with E-state index in [9.17, 15) is 9.18 Å². The second-order valence-corrected chi connectivity index (χ2v) is 7.13. The molecule has 1 fully saturated rings. The van der Waals surface area contributed by atoms with Gasteiger partial charge in [-0.05, 0) is 31.9 Å². The van der Waals surface area contributed by atoms with Crippen molar-refractivity contribution in [1.29, 1.82) is 0 Å². The maximum atomic E-state index is 14.2. The van der Waals surface area contributed by atoms with Crippen LogP contribution < -0.4 is 5.32 Å². The molecule has 1 aromatic carbocycles. The first-order chi connectivity index (χ1) is 12.0. The van der Waals surface area contributed by atoms with Crippen molar-refractivity contribution in [2.75, 3.05) is 5.32 Å². The zero-order chi connectivity index (χ0) is 17.6. The Morgan fingerprint density at radius 3 is 2.96 bits per heavy atom. The molecule has 1 aliphatic carbocycles. The summed E-state index contributed by atoms with van der Waals surface area (Å²) in [5, 5.41) is 9.18. The minimum absolute atomic E-state index is 0.0453. The second kappa shape index (κ2) is 6.24. The lowest BCUT2D eigenvalue weighted by Gasteiger charge is -2.05. The Morgan fingerprint density at radius 2 is 2.24 bits per heavy atom. The smallest absolute Gasteiger partial charge is 0.263 e. The molecule has 4 rings (SSSR count). The lowest BCUT2D eigenvalue weighted by Crippen LogP contribution is -2.13. The first-order valence-corrected chi connectivity index (χ1v) is 8.97. The number of anilines is 1. The van der Waals surface area contributed by atoms with Gasteiger partial charge in [-0.3, -0.25) is 10.1 Å². The van der Waals surface area contributed by atoms with Crippen LogP contribution in [0.4, 0.5) is 9.52 Å². The second-order valence-electron chi connectivity index (χ2n) is 5.86. The number of halogens is 2. The first-order valence-electron chi connectivity index (χ1n) is 7.72. The Balaban J connectivity index is 1.67. The van der Waals surface area contributed by atoms with E-state index < -0.39 is 11.7 Å². The van der Waals surface area contributed by atoms with Gasteiger partial charge in [-0.15, -0.1) is 11.3 Å². The molecule has 0 unspecified atom stereocenters. The van der Waals surface area contributed by atoms with Gasteiger partial charge in [0.05, 0.1) is 16.3 Å². The van der Waals surface area contributed by atoms with E-state index in [4.69, 9.17) is 16.1 Å². The van der Waals surface area contributed by atoms with Crippen LogP contribution in [0.5, 0.6) is 0 Å². The number of aromatic nitrogens is 2. The average molecular weight is 378 g/mol. The first kappa shape index (κ1) is 16.2. The molecule has 1 N–H and O–H groups in total. The van der Waals surface area contributed by atoms with Gasteiger partial charge in [-0.25, -0.2) is 9.37 Å². The lowest BCUT2D eigenvalue weighted by molar-refractivity contribution is 0.102. The molecule has 0 atom stereocenters. The Hall–Kier alpha value is -2.25. The molecule has 1 saturated carbocycles. The number of nitrogens with zero attached hydrogens (tertiary/aromatic N) is 2. The minimum atomic E-state index is -0.569. The number of hydrogen-bond acceptors (Lipinski definition) is 5. The highest BCUT2D eigenvalue weighted by atomic mass is 35.5. The topological polar surface area (TPSA) is 68.0 Å². The number of carbonyl (C=O) groups is 1. The van der Waals surface area contributed by atoms with Crippen molar-refractivity contribution in [2.45, 2.75) is 25.7 Å². The molecule has 1 aliphatic rings. The van der Waals surface area contributed by atoms with Gasteiger partial charge in [0.2, 0.25) is 0 Å². The van der Waals surface area contributed by atoms with Crippen molar-refractivity contribution in [3.8, 4) is 11.3 Å². The molecule has 0 saturated heterocycles. The molecular formula is C17H13ClFN3O2S. The summed E-state index contributed by atoms with van der Waals surface area (Å²) in [5.41, 5.74) is 1.27. The van der Waals surface area contributed by atoms with Crippen LogP contribution in [0.25, 0.3) is 11.3 Å². The van der Waals surface area contributed by atoms with Crippen LogP contribution in [-0.4, -0.2) is 16.0 Å². The number of rotatable bonds is 4. The standard InChI is InChI=1S/C17H13ClFN3O2S/c1-8-13(15(22-24-8)14-10(18)3-2-4-11(14)19)16(23)21-17-20-12(7-25-17)9-5-6-9/h2-4,7,9H,5-6H2,1H3,(H,20,21,23). The molecule has 25 heavy (non-hydrogen) atoms. The van der Waals surface area contributed by atoms with Gasteiger partial charge in [0.1, 0.15) is 22.8 Å². The predicted molar refractivity (Wildman–Crippen MR) is 93.7 cm³/mol. The SMILES string of the molecule is Cc1onc(-c2c(F)cccc2Cl)c1C(=O)Nc1nc(C2CC2)cs1. The van der Waals surface area contributed by atoms with Gasteiger partial charge in [0.25, 0.3) is 5.91 Å². The Bertz CT molecular complexity index is 944. The minimum Gasteiger partial charge on any atom is -0.360 e. The van der Waals surface area contributed by atoms with Crippen molar-refractivity contribution in [1.82, 2.24) is 10.1 Å². The largest absolute Gasteiger partial charge is 0.360 e. The van der Waals surface area contributed by atoms with Crippen LogP contribution in [0.3, 0.4) is 0 Å². The van der Waals surface area contributed by atoms with E-state index in [-0.39, 0.29) is 27.6 Å². The van der Waals surface area contributed by atoms with Crippen LogP contribution in [0, 0.1) is 12.7 Å². The zero-order valence-electron chi connectivity index (χ0n) is 13.2. The number of nitrogens with one attached hydrogen (secondary N) is 1. The van der Waals surface area contributed by atoms with Gasteiger partial charge in [-0.2, -0.15) is 0 Å². The monoisotopic (exact) mass is 377 g/mol. The van der Waals surface area contributed by atoms with E-state index >= 15 is 0 Å². The van der Waals surface area contributed by atoms with Gasteiger partial charge in [0.15, 0.2) is 5.13 Å². The van der Waals surface area contributed by atoms with Crippen LogP contribution >= 0.6 is 22.9 Å². The number of amides is 1. The zero-order valence-corrected chi connectivity index (χ0v) is 14.7. The fourth-order valence-corrected chi connectivity index (χ4v) is 3.64. The summed E-state index contributed by atoms with van der Waals surface area (Å²) in [6, 6.07) is 4.28. The van der Waals surface area contributed by atoms with Gasteiger partial charge in [-0.1, -0.05) is 22.8 Å². The maximum Gasteiger partial charge on any atom is 0.263 e. The normalized spacial score (nSPS) is 13.9. The van der Waals surface area contributed by atoms with E-state index in [1.807, 2.05) is 5.38 Å². The average Bonchev–Trinajstić information content (AvgIpc) is 3.20. The lowest BCUT2D eigenvalue weighted by atomic mass is 10.1. The number of thiazole rings is 1. The third kappa shape index (κ3) is 3.05. The van der Waals surface area contributed by atoms with E-state index in [0.717, 1.165) is 18.5 Å². The molecule has 3 aromatic rings. The molecule has 0 aliphatic heterocycles. The maximum absolute atomic E-state index is 14.2. The van der Waals surface area contributed by atoms with Crippen molar-refractivity contribution in [3.63, 3.8) is 0 Å². The molecular weight excluding hydrogens is 365 g/mol. The van der Waals surface area contributed by atoms with Crippen LogP contribution in [0.1, 0.15) is 40.6 Å². The Kier molecular flexibility index (Phi) is 4.05. The van der Waals surface area contributed by atoms with Crippen LogP contribution in [0.2, 0.25) is 5.02 Å². The highest BCUT2D eigenvalue weighted by molar-refractivity contribution is 7.14. The van der Waals surface area contributed by atoms with E-state index in [2.05, 4.69) is 15.5 Å². The van der Waals surface area contributed by atoms with Gasteiger partial charge >= 0.3 is 0 Å². The molecule has 128 valence electrons. The number of benzene rings is 1. The van der Waals surface area contributed by atoms with Crippen LogP contribution in [0.15, 0.2) is 28.1 Å². The van der Waals surface area contributed by atoms with Gasteiger partial charge < -0.3 is 4.52 Å². The summed E-state index contributed by atoms with van der Waals surface area (Å²) in [5.74, 6) is -0.234. The Morgan fingerprint density at radius 1 is 1.44 bits per heavy atom. The molecule has 2 heterocycles. The predicted octanol–water partition coefficient (Wildman–Crippen LogP) is 5.03. The molecule has 8 heteroatoms. The molecule has 2 aromatic heterocycles. The summed E-state index contributed by atoms with van der Waals surface area (Å²) in [4.78, 5) is 17.1. The molecule has 0 radical (unpaired) electrons. The number of carbonyl (C=O) groups excluding carboxylic acids is 1. The van der Waals surface area contributed by atoms with Crippen molar-refractivity contribution in [2.24, 2.45) is 0 Å². The van der Waals surface area contributed by atoms with E-state index in [0.29, 0.717) is 11.0 Å². The van der Waals surface area contributed by atoms with Gasteiger partial charge in [0, 0.05) is 11.3 Å². The fourth-order valence-electron chi connectivity index (χ4n) is 2.60. The van der Waals surface area contributed by atoms with Crippen molar-refractivity contribution < 1.29 is 13.7 Å². The Labute approximate surface area is 151 Å². The summed E-state index contributed by atoms with van der Waals surface area (Å²) in [6.45, 7) is 1.59. The summed E-state index contributed by atoms with van der Waals surface area (Å²) in [7, 11) is 0. The molecule has 0 bridgehead atoms. The highest BCUT2D eigenvalue weighted by Gasteiger charge is 2.28. The third-order valence-electron chi connectivity index (χ3n) is 4.03. The highest BCUT2D eigenvalue weighted by Crippen LogP contribution is 2.41. The number of aryl methyl sites for hydroxylation is 1. The van der Waals surface area contributed by atoms with E-state index in [1.165, 1.54) is 29.5 Å². The van der Waals surface area contributed by atoms with Crippen molar-refractivity contribution >= 4 is 34.0 Å². The fraction of sp³-hybridized carbons (Fsp3) is 0.235. The summed E-state index contributed by atoms with van der Waals surface area (Å²) in [6.07, 6.45) is 2.27. The molecule has 0 spiro atoms. The van der Waals surface area contributed by atoms with Crippen LogP contribution in [-0.2, 0) is 0 Å². The number of hydrogen-bond donors (Lipinski definition) is 1. The van der Waals surface area contributed by atoms with Crippen molar-refractivity contribution in [3.05, 3.63) is 51.4 Å². The summed E-state index contributed by atoms with van der Waals surface area (Å²) >= 11 is 7.45. The summed E-state index contributed by atoms with van der Waals surface area (Å²) < 4.78 is 19.3.